The van der Waals surface area contributed by atoms with E-state index in [0.717, 1.165) is 24.0 Å². The van der Waals surface area contributed by atoms with Gasteiger partial charge in [0.2, 0.25) is 0 Å². The lowest BCUT2D eigenvalue weighted by Gasteiger charge is -2.28. The number of fused-ring (bicyclic) bond motifs is 1. The Morgan fingerprint density at radius 2 is 2.08 bits per heavy atom. The van der Waals surface area contributed by atoms with E-state index in [0.29, 0.717) is 12.2 Å². The van der Waals surface area contributed by atoms with Crippen molar-refractivity contribution in [3.63, 3.8) is 0 Å². The van der Waals surface area contributed by atoms with Crippen molar-refractivity contribution < 1.29 is 10.2 Å². The number of pyridine rings is 1. The first-order chi connectivity index (χ1) is 11.9. The number of tetrazole rings is 1. The van der Waals surface area contributed by atoms with Crippen LogP contribution in [-0.4, -0.2) is 42.3 Å². The van der Waals surface area contributed by atoms with Crippen LogP contribution in [-0.2, 0) is 6.42 Å². The number of aromatic hydroxyl groups is 1. The van der Waals surface area contributed by atoms with E-state index in [2.05, 4.69) is 34.7 Å². The second-order valence-corrected chi connectivity index (χ2v) is 6.89. The van der Waals surface area contributed by atoms with E-state index in [1.54, 1.807) is 28.9 Å². The second kappa shape index (κ2) is 7.16. The summed E-state index contributed by atoms with van der Waals surface area (Å²) in [5, 5.41) is 34.7. The van der Waals surface area contributed by atoms with Crippen molar-refractivity contribution in [3.8, 4) is 5.75 Å². The molecule has 3 aromatic rings. The average molecular weight is 341 g/mol. The third-order valence-electron chi connectivity index (χ3n) is 4.32. The van der Waals surface area contributed by atoms with Gasteiger partial charge in [-0.05, 0) is 60.9 Å². The molecule has 0 saturated carbocycles. The molecule has 0 aliphatic rings. The standard InChI is InChI=1S/C18H23N5O2/c1-18(2,9-8-13-4-3-5-15(24)10-13)19-11-16(25)14-6-7-17-20-21-22-23(17)12-14/h3-7,10,12,16,19,24-25H,8-9,11H2,1-2H3. The van der Waals surface area contributed by atoms with Gasteiger partial charge in [-0.25, -0.2) is 4.52 Å². The minimum atomic E-state index is -0.645. The monoisotopic (exact) mass is 341 g/mol. The number of hydrogen-bond acceptors (Lipinski definition) is 6. The number of hydrogen-bond donors (Lipinski definition) is 3. The molecule has 0 saturated heterocycles. The summed E-state index contributed by atoms with van der Waals surface area (Å²) in [5.74, 6) is 0.289. The van der Waals surface area contributed by atoms with Crippen molar-refractivity contribution in [2.75, 3.05) is 6.54 Å². The first-order valence-corrected chi connectivity index (χ1v) is 8.32. The Bertz CT molecular complexity index is 846. The van der Waals surface area contributed by atoms with Gasteiger partial charge in [0.1, 0.15) is 5.75 Å². The molecule has 3 rings (SSSR count). The maximum atomic E-state index is 10.4. The van der Waals surface area contributed by atoms with Crippen LogP contribution in [0.25, 0.3) is 5.65 Å². The molecule has 1 atom stereocenters. The highest BCUT2D eigenvalue weighted by atomic mass is 16.3. The number of nitrogens with zero attached hydrogens (tertiary/aromatic N) is 4. The number of benzene rings is 1. The van der Waals surface area contributed by atoms with Crippen LogP contribution in [0.2, 0.25) is 0 Å². The summed E-state index contributed by atoms with van der Waals surface area (Å²) in [6.07, 6.45) is 2.83. The van der Waals surface area contributed by atoms with Crippen LogP contribution in [0.4, 0.5) is 0 Å². The molecule has 7 heteroatoms. The van der Waals surface area contributed by atoms with Crippen LogP contribution < -0.4 is 5.32 Å². The highest BCUT2D eigenvalue weighted by Gasteiger charge is 2.19. The lowest BCUT2D eigenvalue weighted by molar-refractivity contribution is 0.158. The SMILES string of the molecule is CC(C)(CCc1cccc(O)c1)NCC(O)c1ccc2nnnn2c1. The van der Waals surface area contributed by atoms with Crippen LogP contribution in [0.1, 0.15) is 37.5 Å². The third kappa shape index (κ3) is 4.52. The van der Waals surface area contributed by atoms with Gasteiger partial charge in [0.25, 0.3) is 0 Å². The summed E-state index contributed by atoms with van der Waals surface area (Å²) in [4.78, 5) is 0. The van der Waals surface area contributed by atoms with E-state index in [1.165, 1.54) is 0 Å². The molecule has 0 aliphatic heterocycles. The van der Waals surface area contributed by atoms with Gasteiger partial charge in [0.15, 0.2) is 5.65 Å². The van der Waals surface area contributed by atoms with Gasteiger partial charge in [0, 0.05) is 23.8 Å². The lowest BCUT2D eigenvalue weighted by Crippen LogP contribution is -2.42. The molecule has 0 radical (unpaired) electrons. The van der Waals surface area contributed by atoms with E-state index in [9.17, 15) is 10.2 Å². The van der Waals surface area contributed by atoms with Crippen molar-refractivity contribution in [2.24, 2.45) is 0 Å². The molecule has 2 aromatic heterocycles. The fourth-order valence-corrected chi connectivity index (χ4v) is 2.70. The summed E-state index contributed by atoms with van der Waals surface area (Å²) < 4.78 is 1.55. The molecule has 132 valence electrons. The molecule has 0 spiro atoms. The Morgan fingerprint density at radius 1 is 1.24 bits per heavy atom. The average Bonchev–Trinajstić information content (AvgIpc) is 3.06. The largest absolute Gasteiger partial charge is 0.508 e. The minimum Gasteiger partial charge on any atom is -0.508 e. The minimum absolute atomic E-state index is 0.147. The molecule has 0 aliphatic carbocycles. The number of phenols is 1. The number of aromatic nitrogens is 4. The van der Waals surface area contributed by atoms with Gasteiger partial charge in [-0.1, -0.05) is 18.2 Å². The number of phenolic OH excluding ortho intramolecular Hbond substituents is 1. The number of aliphatic hydroxyl groups is 1. The first-order valence-electron chi connectivity index (χ1n) is 8.32. The Morgan fingerprint density at radius 3 is 2.88 bits per heavy atom. The van der Waals surface area contributed by atoms with Crippen LogP contribution >= 0.6 is 0 Å². The zero-order valence-electron chi connectivity index (χ0n) is 14.4. The van der Waals surface area contributed by atoms with E-state index in [-0.39, 0.29) is 11.3 Å². The molecule has 2 heterocycles. The Balaban J connectivity index is 1.55. The number of rotatable bonds is 7. The summed E-state index contributed by atoms with van der Waals surface area (Å²) in [6, 6.07) is 10.9. The van der Waals surface area contributed by atoms with Crippen molar-refractivity contribution in [1.29, 1.82) is 0 Å². The van der Waals surface area contributed by atoms with Crippen LogP contribution in [0.3, 0.4) is 0 Å². The van der Waals surface area contributed by atoms with Gasteiger partial charge >= 0.3 is 0 Å². The van der Waals surface area contributed by atoms with E-state index < -0.39 is 6.10 Å². The molecular formula is C18H23N5O2. The van der Waals surface area contributed by atoms with Gasteiger partial charge in [-0.15, -0.1) is 5.10 Å². The second-order valence-electron chi connectivity index (χ2n) is 6.89. The van der Waals surface area contributed by atoms with Gasteiger partial charge < -0.3 is 15.5 Å². The molecular weight excluding hydrogens is 318 g/mol. The number of aliphatic hydroxyl groups excluding tert-OH is 1. The zero-order chi connectivity index (χ0) is 17.9. The van der Waals surface area contributed by atoms with Gasteiger partial charge in [-0.2, -0.15) is 0 Å². The summed E-state index contributed by atoms with van der Waals surface area (Å²) in [5.41, 5.74) is 2.36. The Hall–Kier alpha value is -2.51. The lowest BCUT2D eigenvalue weighted by atomic mass is 9.94. The van der Waals surface area contributed by atoms with Crippen molar-refractivity contribution in [3.05, 3.63) is 53.7 Å². The molecule has 0 fully saturated rings. The maximum absolute atomic E-state index is 10.4. The fourth-order valence-electron chi connectivity index (χ4n) is 2.70. The van der Waals surface area contributed by atoms with E-state index in [1.807, 2.05) is 18.2 Å². The van der Waals surface area contributed by atoms with Crippen molar-refractivity contribution >= 4 is 5.65 Å². The van der Waals surface area contributed by atoms with E-state index in [4.69, 9.17) is 0 Å². The number of nitrogens with one attached hydrogen (secondary N) is 1. The van der Waals surface area contributed by atoms with Crippen LogP contribution in [0.5, 0.6) is 5.75 Å². The highest BCUT2D eigenvalue weighted by Crippen LogP contribution is 2.19. The first kappa shape index (κ1) is 17.3. The topological polar surface area (TPSA) is 95.6 Å². The fraction of sp³-hybridized carbons (Fsp3) is 0.389. The van der Waals surface area contributed by atoms with Crippen LogP contribution in [0.15, 0.2) is 42.6 Å². The number of aryl methyl sites for hydroxylation is 1. The van der Waals surface area contributed by atoms with Gasteiger partial charge in [-0.3, -0.25) is 0 Å². The van der Waals surface area contributed by atoms with Gasteiger partial charge in [0.05, 0.1) is 6.10 Å². The molecule has 1 aromatic carbocycles. The molecule has 25 heavy (non-hydrogen) atoms. The smallest absolute Gasteiger partial charge is 0.179 e. The van der Waals surface area contributed by atoms with Crippen molar-refractivity contribution in [1.82, 2.24) is 25.4 Å². The summed E-state index contributed by atoms with van der Waals surface area (Å²) in [7, 11) is 0. The molecule has 1 unspecified atom stereocenters. The maximum Gasteiger partial charge on any atom is 0.179 e. The molecule has 7 nitrogen and oxygen atoms in total. The predicted octanol–water partition coefficient (Wildman–Crippen LogP) is 1.86. The molecule has 0 amide bonds. The third-order valence-corrected chi connectivity index (χ3v) is 4.32. The highest BCUT2D eigenvalue weighted by molar-refractivity contribution is 5.36. The quantitative estimate of drug-likeness (QED) is 0.607. The zero-order valence-corrected chi connectivity index (χ0v) is 14.4. The summed E-state index contributed by atoms with van der Waals surface area (Å²) >= 11 is 0. The predicted molar refractivity (Wildman–Crippen MR) is 94.3 cm³/mol. The Kier molecular flexibility index (Phi) is 4.96. The van der Waals surface area contributed by atoms with E-state index >= 15 is 0 Å². The van der Waals surface area contributed by atoms with Crippen molar-refractivity contribution in [2.45, 2.75) is 38.3 Å². The Labute approximate surface area is 146 Å². The van der Waals surface area contributed by atoms with Crippen LogP contribution in [0, 0.1) is 0 Å². The normalized spacial score (nSPS) is 13.2. The molecule has 0 bridgehead atoms. The summed E-state index contributed by atoms with van der Waals surface area (Å²) in [6.45, 7) is 4.64. The number of β-amino-alcohol motifs (C(OH)–C–C–N with tert-alkyl or cyclic N) is 1. The molecule has 3 N–H and O–H groups in total.